The van der Waals surface area contributed by atoms with Crippen molar-refractivity contribution in [3.63, 3.8) is 0 Å². The van der Waals surface area contributed by atoms with Crippen LogP contribution in [0.3, 0.4) is 0 Å². The Bertz CT molecular complexity index is 414. The second kappa shape index (κ2) is 5.43. The van der Waals surface area contributed by atoms with Crippen LogP contribution in [0.2, 0.25) is 0 Å². The van der Waals surface area contributed by atoms with Gasteiger partial charge in [0.25, 0.3) is 10.0 Å². The van der Waals surface area contributed by atoms with Crippen LogP contribution in [-0.2, 0) is 10.0 Å². The fraction of sp³-hybridized carbons (Fsp3) is 0.556. The summed E-state index contributed by atoms with van der Waals surface area (Å²) in [6.07, 6.45) is 1.89. The van der Waals surface area contributed by atoms with Crippen molar-refractivity contribution >= 4 is 37.3 Å². The fourth-order valence-electron chi connectivity index (χ4n) is 1.09. The quantitative estimate of drug-likeness (QED) is 0.838. The van der Waals surface area contributed by atoms with E-state index in [9.17, 15) is 8.42 Å². The first kappa shape index (κ1) is 13.2. The molecule has 6 heteroatoms. The third-order valence-corrected chi connectivity index (χ3v) is 5.99. The number of rotatable bonds is 5. The van der Waals surface area contributed by atoms with Gasteiger partial charge in [0, 0.05) is 13.6 Å². The maximum absolute atomic E-state index is 12.0. The second-order valence-corrected chi connectivity index (χ2v) is 7.97. The van der Waals surface area contributed by atoms with Crippen LogP contribution < -0.4 is 0 Å². The van der Waals surface area contributed by atoms with E-state index in [2.05, 4.69) is 15.9 Å². The van der Waals surface area contributed by atoms with Gasteiger partial charge in [-0.3, -0.25) is 0 Å². The molecule has 0 bridgehead atoms. The molecule has 0 aliphatic rings. The molecule has 0 spiro atoms. The maximum Gasteiger partial charge on any atom is 0.252 e. The Labute approximate surface area is 103 Å². The maximum atomic E-state index is 12.0. The first-order valence-corrected chi connectivity index (χ1v) is 7.75. The summed E-state index contributed by atoms with van der Waals surface area (Å²) >= 11 is 4.51. The molecule has 0 aromatic carbocycles. The Morgan fingerprint density at radius 3 is 2.60 bits per heavy atom. The molecule has 0 N–H and O–H groups in total. The van der Waals surface area contributed by atoms with Crippen molar-refractivity contribution in [2.45, 2.75) is 24.0 Å². The van der Waals surface area contributed by atoms with Crippen molar-refractivity contribution in [2.24, 2.45) is 0 Å². The van der Waals surface area contributed by atoms with E-state index in [0.29, 0.717) is 10.8 Å². The van der Waals surface area contributed by atoms with E-state index < -0.39 is 10.0 Å². The first-order chi connectivity index (χ1) is 6.98. The van der Waals surface area contributed by atoms with Crippen molar-refractivity contribution in [1.29, 1.82) is 0 Å². The van der Waals surface area contributed by atoms with E-state index in [-0.39, 0.29) is 0 Å². The zero-order valence-electron chi connectivity index (χ0n) is 8.73. The molecule has 0 aliphatic carbocycles. The van der Waals surface area contributed by atoms with Crippen molar-refractivity contribution in [1.82, 2.24) is 4.31 Å². The Morgan fingerprint density at radius 2 is 2.13 bits per heavy atom. The Hall–Kier alpha value is 0.0900. The van der Waals surface area contributed by atoms with Gasteiger partial charge in [-0.25, -0.2) is 12.7 Å². The summed E-state index contributed by atoms with van der Waals surface area (Å²) in [5.41, 5.74) is 0. The SMILES string of the molecule is CCCCN(C)S(=O)(=O)c1ccc(Br)s1. The number of thiophene rings is 1. The highest BCUT2D eigenvalue weighted by atomic mass is 79.9. The van der Waals surface area contributed by atoms with E-state index in [0.717, 1.165) is 16.6 Å². The van der Waals surface area contributed by atoms with Crippen LogP contribution in [0.5, 0.6) is 0 Å². The largest absolute Gasteiger partial charge is 0.252 e. The molecule has 15 heavy (non-hydrogen) atoms. The monoisotopic (exact) mass is 311 g/mol. The average Bonchev–Trinajstić information content (AvgIpc) is 2.61. The molecule has 0 aliphatic heterocycles. The van der Waals surface area contributed by atoms with Gasteiger partial charge in [-0.05, 0) is 34.5 Å². The molecule has 0 unspecified atom stereocenters. The normalized spacial score (nSPS) is 12.3. The Balaban J connectivity index is 2.83. The van der Waals surface area contributed by atoms with Crippen LogP contribution >= 0.6 is 27.3 Å². The van der Waals surface area contributed by atoms with Crippen LogP contribution in [0.25, 0.3) is 0 Å². The van der Waals surface area contributed by atoms with Gasteiger partial charge in [-0.15, -0.1) is 11.3 Å². The molecule has 1 heterocycles. The summed E-state index contributed by atoms with van der Waals surface area (Å²) in [6, 6.07) is 3.39. The third-order valence-electron chi connectivity index (χ3n) is 2.04. The lowest BCUT2D eigenvalue weighted by molar-refractivity contribution is 0.461. The molecule has 1 aromatic rings. The predicted octanol–water partition coefficient (Wildman–Crippen LogP) is 2.93. The molecule has 1 rings (SSSR count). The van der Waals surface area contributed by atoms with Crippen molar-refractivity contribution in [3.05, 3.63) is 15.9 Å². The summed E-state index contributed by atoms with van der Waals surface area (Å²) in [6.45, 7) is 2.62. The van der Waals surface area contributed by atoms with Gasteiger partial charge in [0.1, 0.15) is 4.21 Å². The highest BCUT2D eigenvalue weighted by Crippen LogP contribution is 2.27. The van der Waals surface area contributed by atoms with E-state index in [1.165, 1.54) is 15.6 Å². The van der Waals surface area contributed by atoms with Crippen molar-refractivity contribution < 1.29 is 8.42 Å². The molecule has 0 atom stereocenters. The minimum absolute atomic E-state index is 0.396. The molecular formula is C9H14BrNO2S2. The highest BCUT2D eigenvalue weighted by Gasteiger charge is 2.21. The van der Waals surface area contributed by atoms with Gasteiger partial charge in [-0.2, -0.15) is 0 Å². The number of unbranched alkanes of at least 4 members (excludes halogenated alkanes) is 1. The molecule has 0 fully saturated rings. The minimum atomic E-state index is -3.27. The molecule has 0 saturated carbocycles. The Kier molecular flexibility index (Phi) is 4.76. The first-order valence-electron chi connectivity index (χ1n) is 4.70. The summed E-state index contributed by atoms with van der Waals surface area (Å²) in [5, 5.41) is 0. The van der Waals surface area contributed by atoms with Gasteiger partial charge >= 0.3 is 0 Å². The predicted molar refractivity (Wildman–Crippen MR) is 66.7 cm³/mol. The van der Waals surface area contributed by atoms with Gasteiger partial charge in [-0.1, -0.05) is 13.3 Å². The van der Waals surface area contributed by atoms with Crippen LogP contribution in [-0.4, -0.2) is 26.3 Å². The van der Waals surface area contributed by atoms with E-state index in [1.807, 2.05) is 6.92 Å². The lowest BCUT2D eigenvalue weighted by Crippen LogP contribution is -2.27. The van der Waals surface area contributed by atoms with Gasteiger partial charge in [0.05, 0.1) is 3.79 Å². The summed E-state index contributed by atoms with van der Waals surface area (Å²) in [5.74, 6) is 0. The van der Waals surface area contributed by atoms with Gasteiger partial charge < -0.3 is 0 Å². The van der Waals surface area contributed by atoms with E-state index in [1.54, 1.807) is 19.2 Å². The van der Waals surface area contributed by atoms with Crippen LogP contribution in [0, 0.1) is 0 Å². The van der Waals surface area contributed by atoms with Gasteiger partial charge in [0.2, 0.25) is 0 Å². The number of hydrogen-bond donors (Lipinski definition) is 0. The molecule has 3 nitrogen and oxygen atoms in total. The minimum Gasteiger partial charge on any atom is -0.206 e. The average molecular weight is 312 g/mol. The lowest BCUT2D eigenvalue weighted by Gasteiger charge is -2.14. The zero-order chi connectivity index (χ0) is 11.5. The molecular weight excluding hydrogens is 298 g/mol. The molecule has 1 aromatic heterocycles. The standard InChI is InChI=1S/C9H14BrNO2S2/c1-3-4-7-11(2)15(12,13)9-6-5-8(10)14-9/h5-6H,3-4,7H2,1-2H3. The number of hydrogen-bond acceptors (Lipinski definition) is 3. The van der Waals surface area contributed by atoms with Crippen molar-refractivity contribution in [3.8, 4) is 0 Å². The summed E-state index contributed by atoms with van der Waals surface area (Å²) in [4.78, 5) is 0. The Morgan fingerprint density at radius 1 is 1.47 bits per heavy atom. The molecule has 0 amide bonds. The summed E-state index contributed by atoms with van der Waals surface area (Å²) < 4.78 is 26.6. The van der Waals surface area contributed by atoms with Crippen LogP contribution in [0.1, 0.15) is 19.8 Å². The number of halogens is 1. The highest BCUT2D eigenvalue weighted by molar-refractivity contribution is 9.11. The van der Waals surface area contributed by atoms with Crippen LogP contribution in [0.4, 0.5) is 0 Å². The van der Waals surface area contributed by atoms with E-state index in [4.69, 9.17) is 0 Å². The van der Waals surface area contributed by atoms with E-state index >= 15 is 0 Å². The summed E-state index contributed by atoms with van der Waals surface area (Å²) in [7, 11) is -1.64. The molecule has 86 valence electrons. The molecule has 0 radical (unpaired) electrons. The van der Waals surface area contributed by atoms with Crippen LogP contribution in [0.15, 0.2) is 20.1 Å². The van der Waals surface area contributed by atoms with Gasteiger partial charge in [0.15, 0.2) is 0 Å². The zero-order valence-corrected chi connectivity index (χ0v) is 12.0. The fourth-order valence-corrected chi connectivity index (χ4v) is 4.52. The van der Waals surface area contributed by atoms with Crippen molar-refractivity contribution in [2.75, 3.05) is 13.6 Å². The molecule has 0 saturated heterocycles. The topological polar surface area (TPSA) is 37.4 Å². The third kappa shape index (κ3) is 3.27. The second-order valence-electron chi connectivity index (χ2n) is 3.24. The number of nitrogens with zero attached hydrogens (tertiary/aromatic N) is 1. The lowest BCUT2D eigenvalue weighted by atomic mass is 10.3. The number of sulfonamides is 1. The smallest absolute Gasteiger partial charge is 0.206 e.